The predicted molar refractivity (Wildman–Crippen MR) is 70.4 cm³/mol. The molecule has 0 N–H and O–H groups in total. The number of halogens is 4. The van der Waals surface area contributed by atoms with Crippen LogP contribution < -0.4 is 4.74 Å². The summed E-state index contributed by atoms with van der Waals surface area (Å²) in [5.41, 5.74) is 0.879. The van der Waals surface area contributed by atoms with Crippen LogP contribution in [0.4, 0.5) is 13.2 Å². The highest BCUT2D eigenvalue weighted by atomic mass is 35.5. The first-order valence-electron chi connectivity index (χ1n) is 5.82. The van der Waals surface area contributed by atoms with Crippen LogP contribution in [0.2, 0.25) is 5.02 Å². The molecule has 1 aromatic heterocycles. The topological polar surface area (TPSA) is 39.2 Å². The van der Waals surface area contributed by atoms with Gasteiger partial charge in [-0.05, 0) is 35.9 Å². The van der Waals surface area contributed by atoms with Crippen molar-refractivity contribution in [3.63, 3.8) is 0 Å². The van der Waals surface area contributed by atoms with Gasteiger partial charge in [0.2, 0.25) is 0 Å². The van der Waals surface area contributed by atoms with Gasteiger partial charge in [0.1, 0.15) is 5.75 Å². The number of Topliss-reactive ketones (excluding diaryl/α,β-unsaturated/α-hetero) is 1. The summed E-state index contributed by atoms with van der Waals surface area (Å²) in [7, 11) is 0. The molecule has 2 aromatic rings. The quantitative estimate of drug-likeness (QED) is 0.799. The first-order chi connectivity index (χ1) is 9.85. The number of alkyl halides is 3. The Hall–Kier alpha value is -2.08. The number of carbonyl (C=O) groups excluding carboxylic acids is 1. The second-order valence-electron chi connectivity index (χ2n) is 4.14. The van der Waals surface area contributed by atoms with Crippen LogP contribution in [0, 0.1) is 0 Å². The molecule has 21 heavy (non-hydrogen) atoms. The zero-order valence-corrected chi connectivity index (χ0v) is 11.3. The number of hydrogen-bond acceptors (Lipinski definition) is 3. The Kier molecular flexibility index (Phi) is 4.47. The van der Waals surface area contributed by atoms with Gasteiger partial charge in [0.05, 0.1) is 5.02 Å². The fraction of sp³-hybridized carbons (Fsp3) is 0.143. The van der Waals surface area contributed by atoms with Crippen LogP contribution in [0.1, 0.15) is 15.9 Å². The van der Waals surface area contributed by atoms with Crippen LogP contribution in [0.3, 0.4) is 0 Å². The first-order valence-corrected chi connectivity index (χ1v) is 6.20. The molecule has 3 nitrogen and oxygen atoms in total. The molecule has 0 saturated carbocycles. The zero-order chi connectivity index (χ0) is 15.5. The maximum Gasteiger partial charge on any atom is 0.573 e. The van der Waals surface area contributed by atoms with Crippen molar-refractivity contribution in [1.29, 1.82) is 0 Å². The number of rotatable bonds is 4. The zero-order valence-electron chi connectivity index (χ0n) is 10.5. The van der Waals surface area contributed by atoms with E-state index in [9.17, 15) is 18.0 Å². The molecule has 0 bridgehead atoms. The molecule has 0 aliphatic heterocycles. The van der Waals surface area contributed by atoms with Gasteiger partial charge in [-0.2, -0.15) is 0 Å². The van der Waals surface area contributed by atoms with Crippen molar-refractivity contribution in [2.24, 2.45) is 0 Å². The van der Waals surface area contributed by atoms with E-state index in [4.69, 9.17) is 11.6 Å². The molecule has 0 aliphatic rings. The van der Waals surface area contributed by atoms with E-state index >= 15 is 0 Å². The lowest BCUT2D eigenvalue weighted by Gasteiger charge is -2.09. The number of benzene rings is 1. The summed E-state index contributed by atoms with van der Waals surface area (Å²) in [4.78, 5) is 15.8. The van der Waals surface area contributed by atoms with E-state index in [1.54, 1.807) is 6.07 Å². The average molecular weight is 316 g/mol. The number of aromatic nitrogens is 1. The van der Waals surface area contributed by atoms with Gasteiger partial charge in [-0.1, -0.05) is 11.6 Å². The van der Waals surface area contributed by atoms with Gasteiger partial charge in [0.25, 0.3) is 0 Å². The molecule has 110 valence electrons. The van der Waals surface area contributed by atoms with Crippen molar-refractivity contribution >= 4 is 17.4 Å². The van der Waals surface area contributed by atoms with E-state index in [1.807, 2.05) is 0 Å². The predicted octanol–water partition coefficient (Wildman–Crippen LogP) is 4.06. The van der Waals surface area contributed by atoms with E-state index in [2.05, 4.69) is 9.72 Å². The van der Waals surface area contributed by atoms with Crippen LogP contribution in [-0.2, 0) is 6.42 Å². The third-order valence-corrected chi connectivity index (χ3v) is 2.96. The number of nitrogens with zero attached hydrogens (tertiary/aromatic N) is 1. The van der Waals surface area contributed by atoms with Crippen molar-refractivity contribution in [2.45, 2.75) is 12.8 Å². The molecule has 1 heterocycles. The van der Waals surface area contributed by atoms with Gasteiger partial charge >= 0.3 is 6.36 Å². The second-order valence-corrected chi connectivity index (χ2v) is 4.55. The fourth-order valence-corrected chi connectivity index (χ4v) is 1.85. The highest BCUT2D eigenvalue weighted by molar-refractivity contribution is 6.31. The Balaban J connectivity index is 2.08. The SMILES string of the molecule is O=C(Cc1ccncc1Cl)c1ccc(OC(F)(F)F)cc1. The lowest BCUT2D eigenvalue weighted by Crippen LogP contribution is -2.17. The van der Waals surface area contributed by atoms with Crippen LogP contribution >= 0.6 is 11.6 Å². The largest absolute Gasteiger partial charge is 0.573 e. The Bertz CT molecular complexity index is 641. The van der Waals surface area contributed by atoms with Gasteiger partial charge in [0, 0.05) is 24.4 Å². The fourth-order valence-electron chi connectivity index (χ4n) is 1.66. The van der Waals surface area contributed by atoms with Gasteiger partial charge in [-0.25, -0.2) is 0 Å². The van der Waals surface area contributed by atoms with Gasteiger partial charge < -0.3 is 4.74 Å². The molecular weight excluding hydrogens is 307 g/mol. The smallest absolute Gasteiger partial charge is 0.406 e. The van der Waals surface area contributed by atoms with E-state index in [0.717, 1.165) is 12.1 Å². The number of ketones is 1. The Morgan fingerprint density at radius 3 is 2.43 bits per heavy atom. The van der Waals surface area contributed by atoms with Gasteiger partial charge in [0.15, 0.2) is 5.78 Å². The van der Waals surface area contributed by atoms with Crippen molar-refractivity contribution in [3.8, 4) is 5.75 Å². The molecule has 1 aromatic carbocycles. The Labute approximate surface area is 123 Å². The minimum Gasteiger partial charge on any atom is -0.406 e. The molecule has 0 amide bonds. The molecule has 2 rings (SSSR count). The summed E-state index contributed by atoms with van der Waals surface area (Å²) in [6.07, 6.45) is -1.78. The van der Waals surface area contributed by atoms with Crippen molar-refractivity contribution in [2.75, 3.05) is 0 Å². The normalized spacial score (nSPS) is 11.2. The van der Waals surface area contributed by atoms with Crippen molar-refractivity contribution in [1.82, 2.24) is 4.98 Å². The highest BCUT2D eigenvalue weighted by Crippen LogP contribution is 2.23. The van der Waals surface area contributed by atoms with Crippen LogP contribution in [0.5, 0.6) is 5.75 Å². The maximum atomic E-state index is 12.0. The van der Waals surface area contributed by atoms with E-state index in [0.29, 0.717) is 10.6 Å². The first kappa shape index (κ1) is 15.3. The highest BCUT2D eigenvalue weighted by Gasteiger charge is 2.31. The summed E-state index contributed by atoms with van der Waals surface area (Å²) in [6, 6.07) is 6.35. The second kappa shape index (κ2) is 6.13. The molecule has 0 spiro atoms. The minimum atomic E-state index is -4.75. The monoisotopic (exact) mass is 315 g/mol. The number of carbonyl (C=O) groups is 1. The lowest BCUT2D eigenvalue weighted by atomic mass is 10.0. The lowest BCUT2D eigenvalue weighted by molar-refractivity contribution is -0.274. The van der Waals surface area contributed by atoms with E-state index in [-0.39, 0.29) is 23.5 Å². The summed E-state index contributed by atoms with van der Waals surface area (Å²) < 4.78 is 39.8. The number of ether oxygens (including phenoxy) is 1. The maximum absolute atomic E-state index is 12.0. The third-order valence-electron chi connectivity index (χ3n) is 2.62. The molecule has 0 radical (unpaired) electrons. The Morgan fingerprint density at radius 2 is 1.86 bits per heavy atom. The van der Waals surface area contributed by atoms with Crippen molar-refractivity contribution < 1.29 is 22.7 Å². The van der Waals surface area contributed by atoms with Crippen molar-refractivity contribution in [3.05, 3.63) is 58.9 Å². The van der Waals surface area contributed by atoms with E-state index < -0.39 is 6.36 Å². The van der Waals surface area contributed by atoms with E-state index in [1.165, 1.54) is 24.5 Å². The standard InChI is InChI=1S/C14H9ClF3NO2/c15-12-8-19-6-5-10(12)7-13(20)9-1-3-11(4-2-9)21-14(16,17)18/h1-6,8H,7H2. The third kappa shape index (κ3) is 4.46. The molecule has 0 saturated heterocycles. The summed E-state index contributed by atoms with van der Waals surface area (Å²) in [6.45, 7) is 0. The molecule has 0 atom stereocenters. The minimum absolute atomic E-state index is 0.0425. The van der Waals surface area contributed by atoms with Gasteiger partial charge in [-0.3, -0.25) is 9.78 Å². The summed E-state index contributed by atoms with van der Waals surface area (Å²) in [5, 5.41) is 0.364. The molecule has 0 aliphatic carbocycles. The summed E-state index contributed by atoms with van der Waals surface area (Å²) >= 11 is 5.89. The van der Waals surface area contributed by atoms with Crippen LogP contribution in [0.15, 0.2) is 42.7 Å². The number of pyridine rings is 1. The Morgan fingerprint density at radius 1 is 1.19 bits per heavy atom. The molecule has 0 fully saturated rings. The molecule has 0 unspecified atom stereocenters. The summed E-state index contributed by atoms with van der Waals surface area (Å²) in [5.74, 6) is -0.636. The molecular formula is C14H9ClF3NO2. The van der Waals surface area contributed by atoms with Crippen LogP contribution in [-0.4, -0.2) is 17.1 Å². The molecule has 7 heteroatoms. The average Bonchev–Trinajstić information content (AvgIpc) is 2.40. The van der Waals surface area contributed by atoms with Gasteiger partial charge in [-0.15, -0.1) is 13.2 Å². The van der Waals surface area contributed by atoms with Crippen LogP contribution in [0.25, 0.3) is 0 Å². The number of hydrogen-bond donors (Lipinski definition) is 0.